The van der Waals surface area contributed by atoms with Crippen LogP contribution in [-0.2, 0) is 6.61 Å². The quantitative estimate of drug-likeness (QED) is 0.915. The molecule has 0 saturated heterocycles. The van der Waals surface area contributed by atoms with Crippen molar-refractivity contribution in [3.63, 3.8) is 0 Å². The molecule has 1 aromatic carbocycles. The first-order valence-corrected chi connectivity index (χ1v) is 6.38. The van der Waals surface area contributed by atoms with Crippen LogP contribution in [0.3, 0.4) is 0 Å². The van der Waals surface area contributed by atoms with Gasteiger partial charge >= 0.3 is 0 Å². The minimum absolute atomic E-state index is 0.365. The molecule has 0 atom stereocenters. The number of halogens is 2. The third-order valence-electron chi connectivity index (χ3n) is 2.05. The summed E-state index contributed by atoms with van der Waals surface area (Å²) in [5.41, 5.74) is 6.67. The number of hydrogen-bond donors (Lipinski definition) is 1. The van der Waals surface area contributed by atoms with Crippen LogP contribution < -0.4 is 10.5 Å². The third-order valence-corrected chi connectivity index (χ3v) is 3.29. The maximum absolute atomic E-state index is 5.63. The van der Waals surface area contributed by atoms with Gasteiger partial charge in [0, 0.05) is 4.47 Å². The lowest BCUT2D eigenvalue weighted by molar-refractivity contribution is 0.291. The van der Waals surface area contributed by atoms with Gasteiger partial charge in [0.1, 0.15) is 23.2 Å². The van der Waals surface area contributed by atoms with Crippen molar-refractivity contribution < 1.29 is 4.74 Å². The molecular weight excluding hydrogens is 350 g/mol. The van der Waals surface area contributed by atoms with E-state index in [1.165, 1.54) is 6.33 Å². The first-order chi connectivity index (χ1) is 8.16. The highest BCUT2D eigenvalue weighted by atomic mass is 79.9. The largest absolute Gasteiger partial charge is 0.472 e. The fourth-order valence-corrected chi connectivity index (χ4v) is 2.01. The van der Waals surface area contributed by atoms with Gasteiger partial charge in [-0.15, -0.1) is 0 Å². The third kappa shape index (κ3) is 3.17. The zero-order valence-corrected chi connectivity index (χ0v) is 11.9. The molecule has 4 nitrogen and oxygen atoms in total. The molecule has 2 rings (SSSR count). The number of nitrogen functional groups attached to an aromatic ring is 1. The minimum Gasteiger partial charge on any atom is -0.472 e. The van der Waals surface area contributed by atoms with Gasteiger partial charge in [0.05, 0.1) is 0 Å². The summed E-state index contributed by atoms with van der Waals surface area (Å²) in [5.74, 6) is 0.807. The van der Waals surface area contributed by atoms with Crippen molar-refractivity contribution in [3.05, 3.63) is 45.1 Å². The van der Waals surface area contributed by atoms with E-state index in [0.29, 0.717) is 22.8 Å². The molecule has 0 radical (unpaired) electrons. The monoisotopic (exact) mass is 357 g/mol. The molecule has 1 heterocycles. The Hall–Kier alpha value is -1.14. The number of nitrogens with zero attached hydrogens (tertiary/aromatic N) is 2. The average Bonchev–Trinajstić information content (AvgIpc) is 2.31. The lowest BCUT2D eigenvalue weighted by atomic mass is 10.2. The predicted octanol–water partition coefficient (Wildman–Crippen LogP) is 3.16. The van der Waals surface area contributed by atoms with Crippen molar-refractivity contribution in [3.8, 4) is 5.88 Å². The van der Waals surface area contributed by atoms with Gasteiger partial charge in [0.2, 0.25) is 5.88 Å². The van der Waals surface area contributed by atoms with E-state index >= 15 is 0 Å². The van der Waals surface area contributed by atoms with E-state index in [0.717, 1.165) is 10.0 Å². The van der Waals surface area contributed by atoms with Gasteiger partial charge in [-0.3, -0.25) is 0 Å². The SMILES string of the molecule is Nc1ncnc(OCc2cccc(Br)c2)c1Br. The minimum atomic E-state index is 0.365. The van der Waals surface area contributed by atoms with Gasteiger partial charge in [-0.05, 0) is 33.6 Å². The van der Waals surface area contributed by atoms with Gasteiger partial charge < -0.3 is 10.5 Å². The molecule has 0 fully saturated rings. The zero-order valence-electron chi connectivity index (χ0n) is 8.73. The molecule has 0 bridgehead atoms. The number of hydrogen-bond acceptors (Lipinski definition) is 4. The molecule has 2 N–H and O–H groups in total. The van der Waals surface area contributed by atoms with Crippen molar-refractivity contribution >= 4 is 37.7 Å². The van der Waals surface area contributed by atoms with Crippen molar-refractivity contribution in [2.75, 3.05) is 5.73 Å². The van der Waals surface area contributed by atoms with Crippen molar-refractivity contribution in [2.24, 2.45) is 0 Å². The predicted molar refractivity (Wildman–Crippen MR) is 72.6 cm³/mol. The molecule has 0 aliphatic heterocycles. The maximum Gasteiger partial charge on any atom is 0.233 e. The number of rotatable bonds is 3. The Morgan fingerprint density at radius 3 is 2.82 bits per heavy atom. The second-order valence-corrected chi connectivity index (χ2v) is 5.01. The Morgan fingerprint density at radius 1 is 1.24 bits per heavy atom. The molecule has 0 aliphatic carbocycles. The van der Waals surface area contributed by atoms with E-state index in [1.807, 2.05) is 24.3 Å². The molecule has 0 saturated carbocycles. The van der Waals surface area contributed by atoms with Crippen LogP contribution in [0.4, 0.5) is 5.82 Å². The first kappa shape index (κ1) is 12.3. The van der Waals surface area contributed by atoms with Crippen LogP contribution in [0.5, 0.6) is 5.88 Å². The molecule has 1 aromatic heterocycles. The van der Waals surface area contributed by atoms with Gasteiger partial charge in [-0.25, -0.2) is 9.97 Å². The fourth-order valence-electron chi connectivity index (χ4n) is 1.25. The standard InChI is InChI=1S/C11H9Br2N3O/c12-8-3-1-2-7(4-8)5-17-11-9(13)10(14)15-6-16-11/h1-4,6H,5H2,(H2,14,15,16). The number of aromatic nitrogens is 2. The maximum atomic E-state index is 5.63. The summed E-state index contributed by atoms with van der Waals surface area (Å²) in [7, 11) is 0. The molecule has 0 amide bonds. The Kier molecular flexibility index (Phi) is 3.96. The summed E-state index contributed by atoms with van der Waals surface area (Å²) in [6.45, 7) is 0.425. The number of benzene rings is 1. The van der Waals surface area contributed by atoms with Crippen LogP contribution in [0.1, 0.15) is 5.56 Å². The number of nitrogens with two attached hydrogens (primary N) is 1. The Labute approximate surface area is 115 Å². The van der Waals surface area contributed by atoms with Crippen LogP contribution in [0.15, 0.2) is 39.5 Å². The molecule has 88 valence electrons. The lowest BCUT2D eigenvalue weighted by Crippen LogP contribution is -2.01. The number of anilines is 1. The van der Waals surface area contributed by atoms with Crippen molar-refractivity contribution in [2.45, 2.75) is 6.61 Å². The van der Waals surface area contributed by atoms with Gasteiger partial charge in [0.25, 0.3) is 0 Å². The van der Waals surface area contributed by atoms with Crippen LogP contribution in [0.25, 0.3) is 0 Å². The second-order valence-electron chi connectivity index (χ2n) is 3.30. The van der Waals surface area contributed by atoms with Crippen LogP contribution in [0.2, 0.25) is 0 Å². The smallest absolute Gasteiger partial charge is 0.233 e. The summed E-state index contributed by atoms with van der Waals surface area (Å²) in [6, 6.07) is 7.87. The lowest BCUT2D eigenvalue weighted by Gasteiger charge is -2.07. The van der Waals surface area contributed by atoms with Crippen molar-refractivity contribution in [1.29, 1.82) is 0 Å². The van der Waals surface area contributed by atoms with Crippen LogP contribution in [0, 0.1) is 0 Å². The summed E-state index contributed by atoms with van der Waals surface area (Å²) in [6.07, 6.45) is 1.37. The van der Waals surface area contributed by atoms with Gasteiger partial charge in [0.15, 0.2) is 0 Å². The first-order valence-electron chi connectivity index (χ1n) is 4.80. The number of ether oxygens (including phenoxy) is 1. The normalized spacial score (nSPS) is 10.2. The summed E-state index contributed by atoms with van der Waals surface area (Å²) in [5, 5.41) is 0. The molecular formula is C11H9Br2N3O. The molecule has 6 heteroatoms. The topological polar surface area (TPSA) is 61.0 Å². The molecule has 0 unspecified atom stereocenters. The van der Waals surface area contributed by atoms with E-state index in [9.17, 15) is 0 Å². The van der Waals surface area contributed by atoms with E-state index in [2.05, 4.69) is 41.8 Å². The Bertz CT molecular complexity index is 534. The van der Waals surface area contributed by atoms with E-state index < -0.39 is 0 Å². The van der Waals surface area contributed by atoms with Gasteiger partial charge in [-0.2, -0.15) is 0 Å². The summed E-state index contributed by atoms with van der Waals surface area (Å²) < 4.78 is 7.15. The molecule has 0 spiro atoms. The second kappa shape index (κ2) is 5.46. The highest BCUT2D eigenvalue weighted by Gasteiger charge is 2.07. The van der Waals surface area contributed by atoms with E-state index in [1.54, 1.807) is 0 Å². The molecule has 2 aromatic rings. The zero-order chi connectivity index (χ0) is 12.3. The highest BCUT2D eigenvalue weighted by molar-refractivity contribution is 9.11. The molecule has 17 heavy (non-hydrogen) atoms. The van der Waals surface area contributed by atoms with Crippen LogP contribution in [-0.4, -0.2) is 9.97 Å². The van der Waals surface area contributed by atoms with Crippen molar-refractivity contribution in [1.82, 2.24) is 9.97 Å². The average molecular weight is 359 g/mol. The Balaban J connectivity index is 2.10. The van der Waals surface area contributed by atoms with Gasteiger partial charge in [-0.1, -0.05) is 28.1 Å². The van der Waals surface area contributed by atoms with Crippen LogP contribution >= 0.6 is 31.9 Å². The fraction of sp³-hybridized carbons (Fsp3) is 0.0909. The van der Waals surface area contributed by atoms with E-state index in [4.69, 9.17) is 10.5 Å². The Morgan fingerprint density at radius 2 is 2.06 bits per heavy atom. The highest BCUT2D eigenvalue weighted by Crippen LogP contribution is 2.26. The van der Waals surface area contributed by atoms with E-state index in [-0.39, 0.29) is 0 Å². The molecule has 0 aliphatic rings. The summed E-state index contributed by atoms with van der Waals surface area (Å²) >= 11 is 6.69. The summed E-state index contributed by atoms with van der Waals surface area (Å²) in [4.78, 5) is 7.85.